The average Bonchev–Trinajstić information content (AvgIpc) is 3.00. The van der Waals surface area contributed by atoms with Crippen LogP contribution >= 0.6 is 11.3 Å². The van der Waals surface area contributed by atoms with Crippen molar-refractivity contribution in [3.8, 4) is 5.75 Å². The van der Waals surface area contributed by atoms with E-state index in [1.807, 2.05) is 30.5 Å². The van der Waals surface area contributed by atoms with Crippen molar-refractivity contribution >= 4 is 22.9 Å². The first-order valence-electron chi connectivity index (χ1n) is 6.97. The molecule has 0 aliphatic carbocycles. The monoisotopic (exact) mass is 303 g/mol. The second-order valence-corrected chi connectivity index (χ2v) is 5.97. The highest BCUT2D eigenvalue weighted by Gasteiger charge is 2.25. The fraction of sp³-hybridized carbons (Fsp3) is 0.333. The maximum Gasteiger partial charge on any atom is 0.263 e. The van der Waals surface area contributed by atoms with Gasteiger partial charge in [-0.2, -0.15) is 0 Å². The zero-order chi connectivity index (χ0) is 14.7. The zero-order valence-corrected chi connectivity index (χ0v) is 12.6. The summed E-state index contributed by atoms with van der Waals surface area (Å²) in [6.07, 6.45) is 2.32. The van der Waals surface area contributed by atoms with Gasteiger partial charge in [-0.05, 0) is 18.6 Å². The number of carbonyl (C=O) groups excluding carboxylic acids is 1. The molecule has 0 spiro atoms. The quantitative estimate of drug-likeness (QED) is 0.909. The Morgan fingerprint density at radius 1 is 1.52 bits per heavy atom. The molecule has 0 fully saturated rings. The number of aromatic nitrogens is 1. The number of carbonyl (C=O) groups is 1. The lowest BCUT2D eigenvalue weighted by atomic mass is 10.2. The Bertz CT molecular complexity index is 641. The first-order chi connectivity index (χ1) is 10.3. The van der Waals surface area contributed by atoms with E-state index in [4.69, 9.17) is 4.74 Å². The van der Waals surface area contributed by atoms with Gasteiger partial charge in [0.15, 0.2) is 6.10 Å². The number of thiazole rings is 1. The van der Waals surface area contributed by atoms with Crippen LogP contribution in [0, 0.1) is 0 Å². The molecule has 2 N–H and O–H groups in total. The van der Waals surface area contributed by atoms with E-state index in [-0.39, 0.29) is 5.91 Å². The lowest BCUT2D eigenvalue weighted by Gasteiger charge is -2.26. The lowest BCUT2D eigenvalue weighted by molar-refractivity contribution is -0.127. The molecule has 1 aromatic heterocycles. The Kier molecular flexibility index (Phi) is 4.06. The molecule has 2 aromatic rings. The molecule has 0 bridgehead atoms. The van der Waals surface area contributed by atoms with Crippen LogP contribution in [-0.2, 0) is 17.8 Å². The summed E-state index contributed by atoms with van der Waals surface area (Å²) >= 11 is 1.63. The van der Waals surface area contributed by atoms with Gasteiger partial charge in [0.25, 0.3) is 5.91 Å². The Morgan fingerprint density at radius 2 is 2.38 bits per heavy atom. The Labute approximate surface area is 127 Å². The van der Waals surface area contributed by atoms with Crippen LogP contribution in [0.5, 0.6) is 5.75 Å². The fourth-order valence-electron chi connectivity index (χ4n) is 2.13. The van der Waals surface area contributed by atoms with Crippen LogP contribution in [0.25, 0.3) is 0 Å². The number of amides is 1. The first kappa shape index (κ1) is 13.9. The van der Waals surface area contributed by atoms with Crippen LogP contribution in [0.4, 0.5) is 5.69 Å². The molecule has 5 nitrogen and oxygen atoms in total. The molecule has 1 aliphatic rings. The van der Waals surface area contributed by atoms with Crippen LogP contribution in [0.1, 0.15) is 16.8 Å². The van der Waals surface area contributed by atoms with E-state index in [1.165, 1.54) is 4.88 Å². The number of rotatable bonds is 4. The minimum absolute atomic E-state index is 0.120. The van der Waals surface area contributed by atoms with Crippen LogP contribution in [-0.4, -0.2) is 23.5 Å². The largest absolute Gasteiger partial charge is 0.477 e. The zero-order valence-electron chi connectivity index (χ0n) is 11.8. The molecule has 3 rings (SSSR count). The maximum absolute atomic E-state index is 12.2. The highest BCUT2D eigenvalue weighted by molar-refractivity contribution is 7.11. The van der Waals surface area contributed by atoms with Crippen LogP contribution < -0.4 is 15.4 Å². The van der Waals surface area contributed by atoms with Crippen molar-refractivity contribution in [2.45, 2.75) is 26.0 Å². The molecule has 21 heavy (non-hydrogen) atoms. The minimum Gasteiger partial charge on any atom is -0.477 e. The van der Waals surface area contributed by atoms with Gasteiger partial charge in [-0.3, -0.25) is 4.79 Å². The third kappa shape index (κ3) is 3.16. The highest BCUT2D eigenvalue weighted by Crippen LogP contribution is 2.28. The number of hydrogen-bond donors (Lipinski definition) is 2. The number of nitrogens with one attached hydrogen (secondary N) is 2. The number of aryl methyl sites for hydroxylation is 1. The molecule has 1 aromatic carbocycles. The number of hydrogen-bond acceptors (Lipinski definition) is 5. The smallest absolute Gasteiger partial charge is 0.263 e. The van der Waals surface area contributed by atoms with E-state index >= 15 is 0 Å². The van der Waals surface area contributed by atoms with Gasteiger partial charge < -0.3 is 15.4 Å². The molecule has 0 radical (unpaired) electrons. The van der Waals surface area contributed by atoms with Crippen LogP contribution in [0.3, 0.4) is 0 Å². The van der Waals surface area contributed by atoms with Crippen LogP contribution in [0.15, 0.2) is 30.5 Å². The van der Waals surface area contributed by atoms with Crippen molar-refractivity contribution in [3.63, 3.8) is 0 Å². The summed E-state index contributed by atoms with van der Waals surface area (Å²) in [7, 11) is 0. The third-order valence-electron chi connectivity index (χ3n) is 3.29. The van der Waals surface area contributed by atoms with E-state index in [0.29, 0.717) is 18.8 Å². The highest BCUT2D eigenvalue weighted by atomic mass is 32.1. The Morgan fingerprint density at radius 3 is 3.19 bits per heavy atom. The number of nitrogens with zero attached hydrogens (tertiary/aromatic N) is 1. The van der Waals surface area contributed by atoms with Crippen molar-refractivity contribution in [2.24, 2.45) is 0 Å². The third-order valence-corrected chi connectivity index (χ3v) is 4.43. The van der Waals surface area contributed by atoms with Crippen molar-refractivity contribution < 1.29 is 9.53 Å². The molecule has 1 aliphatic heterocycles. The molecule has 1 amide bonds. The summed E-state index contributed by atoms with van der Waals surface area (Å²) in [6, 6.07) is 7.62. The minimum atomic E-state index is -0.509. The first-order valence-corrected chi connectivity index (χ1v) is 7.78. The normalized spacial score (nSPS) is 16.5. The van der Waals surface area contributed by atoms with Gasteiger partial charge in [0.05, 0.1) is 18.8 Å². The molecule has 0 saturated carbocycles. The molecular weight excluding hydrogens is 286 g/mol. The topological polar surface area (TPSA) is 63.2 Å². The van der Waals surface area contributed by atoms with E-state index in [9.17, 15) is 4.79 Å². The second kappa shape index (κ2) is 6.13. The fourth-order valence-corrected chi connectivity index (χ4v) is 2.93. The molecule has 6 heteroatoms. The summed E-state index contributed by atoms with van der Waals surface area (Å²) in [5.41, 5.74) is 0.925. The van der Waals surface area contributed by atoms with Gasteiger partial charge >= 0.3 is 0 Å². The molecule has 110 valence electrons. The lowest BCUT2D eigenvalue weighted by Crippen LogP contribution is -2.44. The summed E-state index contributed by atoms with van der Waals surface area (Å²) in [6.45, 7) is 3.01. The van der Waals surface area contributed by atoms with Crippen molar-refractivity contribution in [2.75, 3.05) is 11.9 Å². The number of fused-ring (bicyclic) bond motifs is 1. The standard InChI is InChI=1S/C15H17N3O2S/c1-2-10-7-17-14(21-10)9-18-15(19)13-8-16-11-5-3-4-6-12(11)20-13/h3-7,13,16H,2,8-9H2,1H3,(H,18,19). The van der Waals surface area contributed by atoms with E-state index in [0.717, 1.165) is 17.1 Å². The summed E-state index contributed by atoms with van der Waals surface area (Å²) in [5, 5.41) is 7.01. The Balaban J connectivity index is 1.57. The number of anilines is 1. The van der Waals surface area contributed by atoms with Crippen molar-refractivity contribution in [1.29, 1.82) is 0 Å². The van der Waals surface area contributed by atoms with Gasteiger partial charge in [-0.15, -0.1) is 11.3 Å². The molecule has 0 saturated heterocycles. The Hall–Kier alpha value is -2.08. The summed E-state index contributed by atoms with van der Waals surface area (Å²) in [5.74, 6) is 0.594. The molecule has 1 atom stereocenters. The molecule has 2 heterocycles. The van der Waals surface area contributed by atoms with Gasteiger partial charge in [0.2, 0.25) is 0 Å². The number of benzene rings is 1. The average molecular weight is 303 g/mol. The van der Waals surface area contributed by atoms with Gasteiger partial charge in [-0.1, -0.05) is 19.1 Å². The van der Waals surface area contributed by atoms with Gasteiger partial charge in [0.1, 0.15) is 10.8 Å². The van der Waals surface area contributed by atoms with E-state index in [2.05, 4.69) is 22.5 Å². The maximum atomic E-state index is 12.2. The SMILES string of the molecule is CCc1cnc(CNC(=O)C2CNc3ccccc3O2)s1. The van der Waals surface area contributed by atoms with Crippen LogP contribution in [0.2, 0.25) is 0 Å². The molecular formula is C15H17N3O2S. The number of ether oxygens (including phenoxy) is 1. The second-order valence-electron chi connectivity index (χ2n) is 4.78. The predicted octanol–water partition coefficient (Wildman–Crippen LogP) is 2.19. The van der Waals surface area contributed by atoms with Crippen molar-refractivity contribution in [1.82, 2.24) is 10.3 Å². The van der Waals surface area contributed by atoms with Gasteiger partial charge in [0, 0.05) is 11.1 Å². The van der Waals surface area contributed by atoms with Crippen molar-refractivity contribution in [3.05, 3.63) is 40.3 Å². The van der Waals surface area contributed by atoms with E-state index < -0.39 is 6.10 Å². The van der Waals surface area contributed by atoms with E-state index in [1.54, 1.807) is 11.3 Å². The number of para-hydroxylation sites is 2. The van der Waals surface area contributed by atoms with Gasteiger partial charge in [-0.25, -0.2) is 4.98 Å². The molecule has 1 unspecified atom stereocenters. The summed E-state index contributed by atoms with van der Waals surface area (Å²) < 4.78 is 5.72. The summed E-state index contributed by atoms with van der Waals surface area (Å²) in [4.78, 5) is 17.7. The predicted molar refractivity (Wildman–Crippen MR) is 82.7 cm³/mol.